The zero-order valence-electron chi connectivity index (χ0n) is 22.3. The second-order valence-corrected chi connectivity index (χ2v) is 11.0. The highest BCUT2D eigenvalue weighted by atomic mass is 19.1. The highest BCUT2D eigenvalue weighted by molar-refractivity contribution is 6.01. The van der Waals surface area contributed by atoms with Crippen molar-refractivity contribution in [1.29, 1.82) is 0 Å². The van der Waals surface area contributed by atoms with Crippen molar-refractivity contribution in [3.05, 3.63) is 65.9 Å². The summed E-state index contributed by atoms with van der Waals surface area (Å²) in [6.07, 6.45) is 6.11. The molecule has 4 heterocycles. The zero-order chi connectivity index (χ0) is 27.4. The van der Waals surface area contributed by atoms with E-state index in [0.717, 1.165) is 57.0 Å². The average Bonchev–Trinajstić information content (AvgIpc) is 3.34. The zero-order valence-corrected chi connectivity index (χ0v) is 22.3. The smallest absolute Gasteiger partial charge is 0.254 e. The number of ether oxygens (including phenoxy) is 1. The summed E-state index contributed by atoms with van der Waals surface area (Å²) in [6, 6.07) is 11.5. The third-order valence-electron chi connectivity index (χ3n) is 8.04. The van der Waals surface area contributed by atoms with Crippen molar-refractivity contribution in [2.24, 2.45) is 18.7 Å². The number of nitrogens with two attached hydrogens (primary N) is 1. The van der Waals surface area contributed by atoms with E-state index in [4.69, 9.17) is 19.9 Å². The first-order valence-electron chi connectivity index (χ1n) is 13.7. The van der Waals surface area contributed by atoms with Crippen molar-refractivity contribution in [2.75, 3.05) is 19.8 Å². The molecule has 0 unspecified atom stereocenters. The number of amides is 1. The normalized spacial score (nSPS) is 16.2. The third-order valence-corrected chi connectivity index (χ3v) is 8.04. The van der Waals surface area contributed by atoms with Crippen LogP contribution in [0, 0.1) is 5.92 Å². The minimum absolute atomic E-state index is 0.115. The van der Waals surface area contributed by atoms with Crippen LogP contribution in [-0.2, 0) is 26.6 Å². The number of carbonyl (C=O) groups excluding carboxylic acids is 1. The maximum absolute atomic E-state index is 13.2. The summed E-state index contributed by atoms with van der Waals surface area (Å²) in [6.45, 7) is 1.29. The minimum atomic E-state index is -0.672. The van der Waals surface area contributed by atoms with Crippen molar-refractivity contribution in [1.82, 2.24) is 24.0 Å². The minimum Gasteiger partial charge on any atom is -0.485 e. The van der Waals surface area contributed by atoms with Crippen LogP contribution in [0.15, 0.2) is 53.5 Å². The second-order valence-electron chi connectivity index (χ2n) is 11.0. The monoisotopic (exact) mass is 542 g/mol. The Morgan fingerprint density at radius 3 is 2.90 bits per heavy atom. The fraction of sp³-hybridized carbons (Fsp3) is 0.367. The Balaban J connectivity index is 1.30. The van der Waals surface area contributed by atoms with Crippen LogP contribution in [0.4, 0.5) is 4.39 Å². The van der Waals surface area contributed by atoms with Crippen LogP contribution in [-0.4, -0.2) is 55.7 Å². The molecule has 1 aliphatic heterocycles. The second kappa shape index (κ2) is 9.78. The molecular weight excluding hydrogens is 511 g/mol. The van der Waals surface area contributed by atoms with E-state index in [1.165, 1.54) is 19.2 Å². The molecule has 5 aromatic rings. The van der Waals surface area contributed by atoms with Crippen LogP contribution < -0.4 is 10.5 Å². The number of fused-ring (bicyclic) bond motifs is 3. The van der Waals surface area contributed by atoms with E-state index < -0.39 is 12.7 Å². The number of aryl methyl sites for hydroxylation is 1. The summed E-state index contributed by atoms with van der Waals surface area (Å²) >= 11 is 0. The maximum Gasteiger partial charge on any atom is 0.254 e. The average molecular weight is 543 g/mol. The fourth-order valence-electron chi connectivity index (χ4n) is 5.75. The van der Waals surface area contributed by atoms with Gasteiger partial charge in [0, 0.05) is 37.6 Å². The van der Waals surface area contributed by atoms with E-state index in [2.05, 4.69) is 32.3 Å². The Labute approximate surface area is 230 Å². The van der Waals surface area contributed by atoms with Crippen molar-refractivity contribution in [2.45, 2.75) is 38.5 Å². The number of benzene rings is 2. The molecule has 1 fully saturated rings. The first-order chi connectivity index (χ1) is 19.5. The maximum atomic E-state index is 13.2. The quantitative estimate of drug-likeness (QED) is 0.295. The number of carbonyl (C=O) groups is 1. The largest absolute Gasteiger partial charge is 0.485 e. The standard InChI is InChI=1S/C30H31FN6O3/c1-35-25-9-19-7-8-36(14-21(32)12-31)30(38)23(19)11-24(25)34-29(35)26-10-20-3-2-4-27(40-16-22-15-39-17-33-22)28(20)37(26)13-18-5-6-18/h2-4,9-11,15,17-18,21H,5-8,12-14,16,32H2,1H3/t21-/m1/s1. The summed E-state index contributed by atoms with van der Waals surface area (Å²) in [5, 5.41) is 1.08. The van der Waals surface area contributed by atoms with Crippen LogP contribution in [0.1, 0.15) is 34.5 Å². The van der Waals surface area contributed by atoms with Crippen LogP contribution in [0.5, 0.6) is 5.75 Å². The molecule has 1 atom stereocenters. The molecule has 7 rings (SSSR count). The highest BCUT2D eigenvalue weighted by Crippen LogP contribution is 2.39. The van der Waals surface area contributed by atoms with Gasteiger partial charge in [-0.05, 0) is 55.0 Å². The SMILES string of the molecule is Cn1c(-c2cc3cccc(OCc4cocn4)c3n2CC2CC2)nc2cc3c(cc21)CCN(C[C@H](N)CF)C3=O. The lowest BCUT2D eigenvalue weighted by Gasteiger charge is -2.30. The van der Waals surface area contributed by atoms with Crippen LogP contribution in [0.25, 0.3) is 33.5 Å². The Kier molecular flexibility index (Phi) is 6.07. The molecule has 10 heteroatoms. The van der Waals surface area contributed by atoms with Gasteiger partial charge in [-0.25, -0.2) is 14.4 Å². The molecule has 1 amide bonds. The topological polar surface area (TPSA) is 104 Å². The van der Waals surface area contributed by atoms with E-state index in [0.29, 0.717) is 31.1 Å². The van der Waals surface area contributed by atoms with Gasteiger partial charge in [0.25, 0.3) is 5.91 Å². The molecule has 0 radical (unpaired) electrons. The summed E-state index contributed by atoms with van der Waals surface area (Å²) in [5.41, 5.74) is 11.9. The van der Waals surface area contributed by atoms with Gasteiger partial charge in [0.1, 0.15) is 31.0 Å². The van der Waals surface area contributed by atoms with Crippen LogP contribution in [0.3, 0.4) is 0 Å². The van der Waals surface area contributed by atoms with Crippen molar-refractivity contribution >= 4 is 27.8 Å². The molecule has 2 N–H and O–H groups in total. The highest BCUT2D eigenvalue weighted by Gasteiger charge is 2.29. The Morgan fingerprint density at radius 1 is 1.25 bits per heavy atom. The molecule has 40 heavy (non-hydrogen) atoms. The summed E-state index contributed by atoms with van der Waals surface area (Å²) in [4.78, 5) is 24.1. The molecule has 2 aliphatic rings. The van der Waals surface area contributed by atoms with E-state index in [1.807, 2.05) is 25.2 Å². The van der Waals surface area contributed by atoms with Crippen LogP contribution in [0.2, 0.25) is 0 Å². The van der Waals surface area contributed by atoms with Crippen molar-refractivity contribution < 1.29 is 18.3 Å². The van der Waals surface area contributed by atoms with Crippen molar-refractivity contribution in [3.8, 4) is 17.3 Å². The predicted octanol–water partition coefficient (Wildman–Crippen LogP) is 4.47. The molecule has 3 aromatic heterocycles. The van der Waals surface area contributed by atoms with Gasteiger partial charge in [0.05, 0.1) is 28.3 Å². The number of aromatic nitrogens is 4. The van der Waals surface area contributed by atoms with Gasteiger partial charge in [-0.3, -0.25) is 4.79 Å². The third kappa shape index (κ3) is 4.32. The number of nitrogens with zero attached hydrogens (tertiary/aromatic N) is 5. The predicted molar refractivity (Wildman–Crippen MR) is 149 cm³/mol. The lowest BCUT2D eigenvalue weighted by atomic mass is 9.97. The molecule has 9 nitrogen and oxygen atoms in total. The van der Waals surface area contributed by atoms with Gasteiger partial charge in [-0.1, -0.05) is 12.1 Å². The lowest BCUT2D eigenvalue weighted by Crippen LogP contribution is -2.45. The first-order valence-corrected chi connectivity index (χ1v) is 13.7. The first kappa shape index (κ1) is 24.8. The number of rotatable bonds is 9. The number of alkyl halides is 1. The number of hydrogen-bond acceptors (Lipinski definition) is 6. The fourth-order valence-corrected chi connectivity index (χ4v) is 5.75. The number of imidazole rings is 1. The Morgan fingerprint density at radius 2 is 2.12 bits per heavy atom. The van der Waals surface area contributed by atoms with Crippen LogP contribution >= 0.6 is 0 Å². The Hall–Kier alpha value is -4.18. The summed E-state index contributed by atoms with van der Waals surface area (Å²) in [5.74, 6) is 2.13. The van der Waals surface area contributed by atoms with Gasteiger partial charge >= 0.3 is 0 Å². The Bertz CT molecular complexity index is 1720. The van der Waals surface area contributed by atoms with E-state index in [-0.39, 0.29) is 12.5 Å². The molecule has 206 valence electrons. The van der Waals surface area contributed by atoms with Crippen molar-refractivity contribution in [3.63, 3.8) is 0 Å². The molecule has 1 aliphatic carbocycles. The molecule has 0 spiro atoms. The van der Waals surface area contributed by atoms with Gasteiger partial charge in [0.2, 0.25) is 0 Å². The molecular formula is C30H31FN6O3. The summed E-state index contributed by atoms with van der Waals surface area (Å²) < 4.78 is 28.8. The van der Waals surface area contributed by atoms with Gasteiger partial charge in [-0.15, -0.1) is 0 Å². The van der Waals surface area contributed by atoms with Gasteiger partial charge in [-0.2, -0.15) is 0 Å². The van der Waals surface area contributed by atoms with Gasteiger partial charge < -0.3 is 28.9 Å². The number of hydrogen-bond donors (Lipinski definition) is 1. The van der Waals surface area contributed by atoms with E-state index >= 15 is 0 Å². The van der Waals surface area contributed by atoms with E-state index in [1.54, 1.807) is 11.2 Å². The molecule has 2 aromatic carbocycles. The number of halogens is 1. The van der Waals surface area contributed by atoms with E-state index in [9.17, 15) is 9.18 Å². The number of para-hydroxylation sites is 1. The molecule has 0 bridgehead atoms. The summed E-state index contributed by atoms with van der Waals surface area (Å²) in [7, 11) is 2.02. The van der Waals surface area contributed by atoms with Gasteiger partial charge in [0.15, 0.2) is 12.2 Å². The lowest BCUT2D eigenvalue weighted by molar-refractivity contribution is 0.0725. The molecule has 0 saturated heterocycles. The molecule has 1 saturated carbocycles. The number of oxazole rings is 1.